The first-order valence-corrected chi connectivity index (χ1v) is 6.82. The summed E-state index contributed by atoms with van der Waals surface area (Å²) in [5.74, 6) is 0.639. The molecule has 1 aromatic carbocycles. The maximum Gasteiger partial charge on any atom is 0.416 e. The van der Waals surface area contributed by atoms with E-state index >= 15 is 0 Å². The molecule has 106 valence electrons. The summed E-state index contributed by atoms with van der Waals surface area (Å²) >= 11 is 0. The van der Waals surface area contributed by atoms with E-state index in [1.54, 1.807) is 6.07 Å². The van der Waals surface area contributed by atoms with Gasteiger partial charge in [0.25, 0.3) is 0 Å². The van der Waals surface area contributed by atoms with E-state index in [2.05, 4.69) is 0 Å². The van der Waals surface area contributed by atoms with Crippen molar-refractivity contribution in [1.82, 2.24) is 0 Å². The smallest absolute Gasteiger partial charge is 0.388 e. The molecule has 1 saturated carbocycles. The number of aliphatic hydroxyl groups excluding tert-OH is 1. The molecule has 1 fully saturated rings. The Morgan fingerprint density at radius 1 is 1.21 bits per heavy atom. The second-order valence-electron chi connectivity index (χ2n) is 5.37. The van der Waals surface area contributed by atoms with Crippen LogP contribution in [0.5, 0.6) is 0 Å². The van der Waals surface area contributed by atoms with Gasteiger partial charge in [0.15, 0.2) is 0 Å². The molecule has 1 unspecified atom stereocenters. The molecule has 0 bridgehead atoms. The zero-order chi connectivity index (χ0) is 13.9. The van der Waals surface area contributed by atoms with Gasteiger partial charge < -0.3 is 5.11 Å². The van der Waals surface area contributed by atoms with Crippen molar-refractivity contribution in [2.24, 2.45) is 5.92 Å². The first kappa shape index (κ1) is 14.4. The van der Waals surface area contributed by atoms with Gasteiger partial charge in [-0.2, -0.15) is 13.2 Å². The highest BCUT2D eigenvalue weighted by Crippen LogP contribution is 2.34. The van der Waals surface area contributed by atoms with Gasteiger partial charge in [-0.25, -0.2) is 0 Å². The molecule has 1 aliphatic carbocycles. The fraction of sp³-hybridized carbons (Fsp3) is 0.600. The van der Waals surface area contributed by atoms with Crippen LogP contribution in [0.2, 0.25) is 0 Å². The lowest BCUT2D eigenvalue weighted by Gasteiger charge is -2.15. The fourth-order valence-corrected chi connectivity index (χ4v) is 2.78. The summed E-state index contributed by atoms with van der Waals surface area (Å²) < 4.78 is 37.7. The van der Waals surface area contributed by atoms with Crippen molar-refractivity contribution in [3.05, 3.63) is 35.4 Å². The zero-order valence-corrected chi connectivity index (χ0v) is 10.8. The predicted octanol–water partition coefficient (Wildman–Crippen LogP) is 4.71. The Morgan fingerprint density at radius 2 is 1.89 bits per heavy atom. The molecular weight excluding hydrogens is 253 g/mol. The van der Waals surface area contributed by atoms with Gasteiger partial charge in [-0.3, -0.25) is 0 Å². The molecule has 1 N–H and O–H groups in total. The van der Waals surface area contributed by atoms with Gasteiger partial charge in [0.2, 0.25) is 0 Å². The number of rotatable bonds is 4. The molecule has 0 heterocycles. The Kier molecular flexibility index (Phi) is 4.50. The molecule has 19 heavy (non-hydrogen) atoms. The summed E-state index contributed by atoms with van der Waals surface area (Å²) in [6, 6.07) is 5.01. The van der Waals surface area contributed by atoms with E-state index in [0.29, 0.717) is 17.9 Å². The SMILES string of the molecule is OC(CCC1CCCC1)c1cccc(C(F)(F)F)c1. The number of hydrogen-bond acceptors (Lipinski definition) is 1. The third-order valence-corrected chi connectivity index (χ3v) is 3.92. The molecule has 0 aromatic heterocycles. The van der Waals surface area contributed by atoms with Crippen molar-refractivity contribution in [3.8, 4) is 0 Å². The summed E-state index contributed by atoms with van der Waals surface area (Å²) in [6.45, 7) is 0. The largest absolute Gasteiger partial charge is 0.416 e. The Balaban J connectivity index is 1.96. The van der Waals surface area contributed by atoms with Gasteiger partial charge in [0.1, 0.15) is 0 Å². The minimum Gasteiger partial charge on any atom is -0.388 e. The topological polar surface area (TPSA) is 20.2 Å². The second kappa shape index (κ2) is 5.95. The number of halogens is 3. The lowest BCUT2D eigenvalue weighted by Crippen LogP contribution is -2.07. The number of aliphatic hydroxyl groups is 1. The molecule has 0 spiro atoms. The fourth-order valence-electron chi connectivity index (χ4n) is 2.78. The van der Waals surface area contributed by atoms with E-state index in [-0.39, 0.29) is 0 Å². The molecule has 2 rings (SSSR count). The quantitative estimate of drug-likeness (QED) is 0.841. The average Bonchev–Trinajstić information content (AvgIpc) is 2.88. The molecular formula is C15H19F3O. The Labute approximate surface area is 111 Å². The van der Waals surface area contributed by atoms with Crippen molar-refractivity contribution >= 4 is 0 Å². The van der Waals surface area contributed by atoms with E-state index < -0.39 is 17.8 Å². The van der Waals surface area contributed by atoms with E-state index in [0.717, 1.165) is 18.6 Å². The Morgan fingerprint density at radius 3 is 2.53 bits per heavy atom. The van der Waals surface area contributed by atoms with Gasteiger partial charge in [-0.15, -0.1) is 0 Å². The van der Waals surface area contributed by atoms with E-state index in [9.17, 15) is 18.3 Å². The van der Waals surface area contributed by atoms with Crippen molar-refractivity contribution in [1.29, 1.82) is 0 Å². The van der Waals surface area contributed by atoms with Crippen LogP contribution in [0.3, 0.4) is 0 Å². The van der Waals surface area contributed by atoms with Crippen LogP contribution in [0.1, 0.15) is 55.8 Å². The monoisotopic (exact) mass is 272 g/mol. The Hall–Kier alpha value is -1.03. The minimum absolute atomic E-state index is 0.368. The van der Waals surface area contributed by atoms with Crippen LogP contribution in [0.15, 0.2) is 24.3 Å². The van der Waals surface area contributed by atoms with Crippen molar-refractivity contribution < 1.29 is 18.3 Å². The molecule has 0 amide bonds. The molecule has 0 saturated heterocycles. The van der Waals surface area contributed by atoms with Crippen LogP contribution in [0.25, 0.3) is 0 Å². The molecule has 1 aromatic rings. The van der Waals surface area contributed by atoms with Crippen LogP contribution >= 0.6 is 0 Å². The molecule has 4 heteroatoms. The first-order chi connectivity index (χ1) is 8.97. The summed E-state index contributed by atoms with van der Waals surface area (Å²) in [7, 11) is 0. The van der Waals surface area contributed by atoms with Crippen LogP contribution < -0.4 is 0 Å². The van der Waals surface area contributed by atoms with Gasteiger partial charge in [-0.1, -0.05) is 37.8 Å². The Bertz CT molecular complexity index is 408. The van der Waals surface area contributed by atoms with E-state index in [1.807, 2.05) is 0 Å². The van der Waals surface area contributed by atoms with E-state index in [4.69, 9.17) is 0 Å². The van der Waals surface area contributed by atoms with Gasteiger partial charge in [0, 0.05) is 0 Å². The normalized spacial score (nSPS) is 18.7. The maximum atomic E-state index is 12.6. The average molecular weight is 272 g/mol. The first-order valence-electron chi connectivity index (χ1n) is 6.82. The van der Waals surface area contributed by atoms with E-state index in [1.165, 1.54) is 31.7 Å². The van der Waals surface area contributed by atoms with Crippen molar-refractivity contribution in [2.75, 3.05) is 0 Å². The molecule has 1 aliphatic rings. The van der Waals surface area contributed by atoms with Gasteiger partial charge in [-0.05, 0) is 36.5 Å². The maximum absolute atomic E-state index is 12.6. The van der Waals surface area contributed by atoms with Crippen LogP contribution in [-0.2, 0) is 6.18 Å². The summed E-state index contributed by atoms with van der Waals surface area (Å²) in [5, 5.41) is 10.0. The van der Waals surface area contributed by atoms with Gasteiger partial charge >= 0.3 is 6.18 Å². The highest BCUT2D eigenvalue weighted by molar-refractivity contribution is 5.27. The predicted molar refractivity (Wildman–Crippen MR) is 67.6 cm³/mol. The van der Waals surface area contributed by atoms with Crippen LogP contribution in [-0.4, -0.2) is 5.11 Å². The summed E-state index contributed by atoms with van der Waals surface area (Å²) in [5.41, 5.74) is -0.322. The minimum atomic E-state index is -4.35. The zero-order valence-electron chi connectivity index (χ0n) is 10.8. The van der Waals surface area contributed by atoms with Crippen LogP contribution in [0.4, 0.5) is 13.2 Å². The third kappa shape index (κ3) is 3.96. The lowest BCUT2D eigenvalue weighted by molar-refractivity contribution is -0.137. The molecule has 0 radical (unpaired) electrons. The highest BCUT2D eigenvalue weighted by atomic mass is 19.4. The molecule has 1 nitrogen and oxygen atoms in total. The third-order valence-electron chi connectivity index (χ3n) is 3.92. The summed E-state index contributed by atoms with van der Waals surface area (Å²) in [6.07, 6.45) is 1.17. The second-order valence-corrected chi connectivity index (χ2v) is 5.37. The van der Waals surface area contributed by atoms with Crippen molar-refractivity contribution in [3.63, 3.8) is 0 Å². The lowest BCUT2D eigenvalue weighted by atomic mass is 9.96. The molecule has 0 aliphatic heterocycles. The standard InChI is InChI=1S/C15H19F3O/c16-15(17,18)13-7-3-6-12(10-13)14(19)9-8-11-4-1-2-5-11/h3,6-7,10-11,14,19H,1-2,4-5,8-9H2. The van der Waals surface area contributed by atoms with Crippen molar-refractivity contribution in [2.45, 2.75) is 50.8 Å². The number of hydrogen-bond donors (Lipinski definition) is 1. The number of alkyl halides is 3. The summed E-state index contributed by atoms with van der Waals surface area (Å²) in [4.78, 5) is 0. The number of benzene rings is 1. The van der Waals surface area contributed by atoms with Gasteiger partial charge in [0.05, 0.1) is 11.7 Å². The molecule has 1 atom stereocenters. The highest BCUT2D eigenvalue weighted by Gasteiger charge is 2.30. The van der Waals surface area contributed by atoms with Crippen LogP contribution in [0, 0.1) is 5.92 Å².